The lowest BCUT2D eigenvalue weighted by Crippen LogP contribution is -2.30. The summed E-state index contributed by atoms with van der Waals surface area (Å²) in [6, 6.07) is 48.6. The van der Waals surface area contributed by atoms with Crippen LogP contribution >= 0.6 is 0 Å². The van der Waals surface area contributed by atoms with Crippen molar-refractivity contribution in [1.29, 1.82) is 0 Å². The van der Waals surface area contributed by atoms with Crippen molar-refractivity contribution < 1.29 is 17.9 Å². The minimum Gasteiger partial charge on any atom is -0.488 e. The Hall–Kier alpha value is -5.13. The lowest BCUT2D eigenvalue weighted by molar-refractivity contribution is 0.0802. The summed E-state index contributed by atoms with van der Waals surface area (Å²) in [7, 11) is -3.70. The molecule has 59 heavy (non-hydrogen) atoms. The molecule has 0 N–H and O–H groups in total. The zero-order valence-electron chi connectivity index (χ0n) is 36.7. The van der Waals surface area contributed by atoms with E-state index in [0.29, 0.717) is 17.2 Å². The van der Waals surface area contributed by atoms with Gasteiger partial charge in [0, 0.05) is 10.8 Å². The van der Waals surface area contributed by atoms with Gasteiger partial charge in [0.2, 0.25) is 9.84 Å². The first-order valence-electron chi connectivity index (χ1n) is 21.2. The second-order valence-electron chi connectivity index (χ2n) is 17.6. The quantitative estimate of drug-likeness (QED) is 0.0977. The normalized spacial score (nSPS) is 12.6. The second kappa shape index (κ2) is 17.2. The monoisotopic (exact) mass is 806 g/mol. The molecule has 6 rings (SSSR count). The Kier molecular flexibility index (Phi) is 12.7. The molecule has 0 bridgehead atoms. The molecule has 6 aromatic carbocycles. The third-order valence-electron chi connectivity index (χ3n) is 13.4. The molecule has 0 fully saturated rings. The topological polar surface area (TPSA) is 52.6 Å². The molecule has 6 aromatic rings. The number of sulfone groups is 1. The fourth-order valence-corrected chi connectivity index (χ4v) is 8.96. The van der Waals surface area contributed by atoms with E-state index in [1.807, 2.05) is 12.1 Å². The van der Waals surface area contributed by atoms with E-state index in [-0.39, 0.29) is 31.6 Å². The fraction of sp³-hybridized carbons (Fsp3) is 0.333. The van der Waals surface area contributed by atoms with E-state index in [4.69, 9.17) is 9.47 Å². The molecule has 0 aliphatic heterocycles. The van der Waals surface area contributed by atoms with Crippen LogP contribution in [0.25, 0.3) is 11.1 Å². The van der Waals surface area contributed by atoms with Crippen LogP contribution in [0.2, 0.25) is 0 Å². The second-order valence-corrected chi connectivity index (χ2v) is 19.5. The molecule has 0 radical (unpaired) electrons. The van der Waals surface area contributed by atoms with Crippen molar-refractivity contribution in [3.8, 4) is 28.4 Å². The minimum absolute atomic E-state index is 0.107. The van der Waals surface area contributed by atoms with Gasteiger partial charge in [-0.15, -0.1) is 0 Å². The number of hydrogen-bond donors (Lipinski definition) is 0. The van der Waals surface area contributed by atoms with E-state index in [0.717, 1.165) is 31.2 Å². The van der Waals surface area contributed by atoms with Crippen molar-refractivity contribution in [3.05, 3.63) is 173 Å². The molecule has 308 valence electrons. The van der Waals surface area contributed by atoms with Crippen molar-refractivity contribution in [2.45, 2.75) is 127 Å². The van der Waals surface area contributed by atoms with Crippen molar-refractivity contribution in [2.75, 3.05) is 0 Å². The third-order valence-corrected chi connectivity index (χ3v) is 15.1. The Balaban J connectivity index is 1.08. The van der Waals surface area contributed by atoms with Crippen LogP contribution in [0.3, 0.4) is 0 Å². The van der Waals surface area contributed by atoms with Gasteiger partial charge >= 0.3 is 0 Å². The van der Waals surface area contributed by atoms with Crippen molar-refractivity contribution in [3.63, 3.8) is 0 Å². The summed E-state index contributed by atoms with van der Waals surface area (Å²) in [6.07, 6.45) is 4.00. The maximum atomic E-state index is 13.4. The van der Waals surface area contributed by atoms with Crippen LogP contribution in [0.15, 0.2) is 155 Å². The van der Waals surface area contributed by atoms with Gasteiger partial charge in [-0.05, 0) is 138 Å². The average Bonchev–Trinajstić information content (AvgIpc) is 3.26. The first kappa shape index (κ1) is 43.4. The smallest absolute Gasteiger partial charge is 0.206 e. The van der Waals surface area contributed by atoms with Gasteiger partial charge in [-0.3, -0.25) is 0 Å². The van der Waals surface area contributed by atoms with Crippen LogP contribution in [0, 0.1) is 0 Å². The molecule has 0 unspecified atom stereocenters. The van der Waals surface area contributed by atoms with Gasteiger partial charge < -0.3 is 9.47 Å². The zero-order chi connectivity index (χ0) is 42.6. The van der Waals surface area contributed by atoms with Gasteiger partial charge in [0.1, 0.15) is 22.8 Å². The molecule has 0 amide bonds. The van der Waals surface area contributed by atoms with Crippen molar-refractivity contribution in [2.24, 2.45) is 0 Å². The van der Waals surface area contributed by atoms with E-state index in [9.17, 15) is 8.42 Å². The predicted molar refractivity (Wildman–Crippen MR) is 245 cm³/mol. The predicted octanol–water partition coefficient (Wildman–Crippen LogP) is 14.7. The number of ether oxygens (including phenoxy) is 2. The minimum atomic E-state index is -3.70. The molecule has 0 saturated carbocycles. The SMILES string of the molecule is CCC(C)(CC)Oc1ccc(S(=O)(=O)c2ccc(Oc3ccc(C(C)(C)c4ccc(-c5ccc(C(C)(C)c6ccc(C(C)(CC)CC)cc6)cc5)cc4)cc3)cc2)cc1. The van der Waals surface area contributed by atoms with Gasteiger partial charge in [-0.2, -0.15) is 0 Å². The maximum Gasteiger partial charge on any atom is 0.206 e. The highest BCUT2D eigenvalue weighted by molar-refractivity contribution is 7.91. The molecule has 0 atom stereocenters. The number of benzene rings is 6. The molecule has 0 saturated heterocycles. The Morgan fingerprint density at radius 3 is 1.05 bits per heavy atom. The van der Waals surface area contributed by atoms with Crippen LogP contribution in [0.5, 0.6) is 17.2 Å². The Bertz CT molecular complexity index is 2400. The molecule has 0 spiro atoms. The molecule has 5 heteroatoms. The number of hydrogen-bond acceptors (Lipinski definition) is 4. The summed E-state index contributed by atoms with van der Waals surface area (Å²) < 4.78 is 39.1. The average molecular weight is 807 g/mol. The van der Waals surface area contributed by atoms with Crippen molar-refractivity contribution in [1.82, 2.24) is 0 Å². The largest absolute Gasteiger partial charge is 0.488 e. The Morgan fingerprint density at radius 1 is 0.390 bits per heavy atom. The Morgan fingerprint density at radius 2 is 0.695 bits per heavy atom. The lowest BCUT2D eigenvalue weighted by Gasteiger charge is -2.30. The summed E-state index contributed by atoms with van der Waals surface area (Å²) >= 11 is 0. The van der Waals surface area contributed by atoms with Crippen LogP contribution in [-0.4, -0.2) is 14.0 Å². The van der Waals surface area contributed by atoms with Gasteiger partial charge in [0.15, 0.2) is 0 Å². The zero-order valence-corrected chi connectivity index (χ0v) is 37.5. The summed E-state index contributed by atoms with van der Waals surface area (Å²) in [6.45, 7) is 22.2. The maximum absolute atomic E-state index is 13.4. The van der Waals surface area contributed by atoms with Crippen molar-refractivity contribution >= 4 is 9.84 Å². The van der Waals surface area contributed by atoms with Crippen LogP contribution in [0.1, 0.15) is 123 Å². The van der Waals surface area contributed by atoms with Crippen LogP contribution in [0.4, 0.5) is 0 Å². The van der Waals surface area contributed by atoms with Gasteiger partial charge in [0.25, 0.3) is 0 Å². The first-order chi connectivity index (χ1) is 28.0. The van der Waals surface area contributed by atoms with Gasteiger partial charge in [-0.1, -0.05) is 147 Å². The van der Waals surface area contributed by atoms with Gasteiger partial charge in [0.05, 0.1) is 9.79 Å². The van der Waals surface area contributed by atoms with Crippen LogP contribution in [-0.2, 0) is 26.1 Å². The fourth-order valence-electron chi connectivity index (χ4n) is 7.70. The molecular formula is C54H62O4S. The highest BCUT2D eigenvalue weighted by Gasteiger charge is 2.27. The summed E-state index contributed by atoms with van der Waals surface area (Å²) in [4.78, 5) is 0.428. The van der Waals surface area contributed by atoms with E-state index in [2.05, 4.69) is 154 Å². The summed E-state index contributed by atoms with van der Waals surface area (Å²) in [5.74, 6) is 1.90. The molecular weight excluding hydrogens is 745 g/mol. The van der Waals surface area contributed by atoms with E-state index in [1.165, 1.54) is 33.4 Å². The lowest BCUT2D eigenvalue weighted by atomic mass is 9.74. The number of rotatable bonds is 16. The highest BCUT2D eigenvalue weighted by Crippen LogP contribution is 2.38. The Labute approximate surface area is 354 Å². The molecule has 0 aromatic heterocycles. The van der Waals surface area contributed by atoms with Gasteiger partial charge in [-0.25, -0.2) is 8.42 Å². The molecule has 4 nitrogen and oxygen atoms in total. The van der Waals surface area contributed by atoms with E-state index < -0.39 is 9.84 Å². The molecule has 0 heterocycles. The van der Waals surface area contributed by atoms with E-state index in [1.54, 1.807) is 48.5 Å². The van der Waals surface area contributed by atoms with E-state index >= 15 is 0 Å². The highest BCUT2D eigenvalue weighted by atomic mass is 32.2. The molecule has 0 aliphatic rings. The first-order valence-corrected chi connectivity index (χ1v) is 22.7. The standard InChI is InChI=1S/C54H62O4S/c1-11-53(9,12-2)45-25-23-43(24-26-45)51(5,6)41-19-15-39(16-20-41)40-17-21-42(22-18-40)52(7,8)44-27-29-46(30-28-44)57-47-31-35-49(36-32-47)59(55,56)50-37-33-48(34-38-50)58-54(10,13-3)14-4/h15-38H,11-14H2,1-10H3. The van der Waals surface area contributed by atoms with Crippen LogP contribution < -0.4 is 9.47 Å². The third kappa shape index (κ3) is 9.21. The summed E-state index contributed by atoms with van der Waals surface area (Å²) in [5, 5.41) is 0. The summed E-state index contributed by atoms with van der Waals surface area (Å²) in [5.41, 5.74) is 8.41. The molecule has 0 aliphatic carbocycles.